The topological polar surface area (TPSA) is 0 Å². The molecule has 0 bridgehead atoms. The Hall–Kier alpha value is -1.15. The first-order valence-electron chi connectivity index (χ1n) is 4.56. The molecule has 0 aliphatic heterocycles. The number of hydrogen-bond acceptors (Lipinski definition) is 0. The summed E-state index contributed by atoms with van der Waals surface area (Å²) in [5, 5.41) is 2.21. The van der Waals surface area contributed by atoms with E-state index in [9.17, 15) is 8.78 Å². The van der Waals surface area contributed by atoms with E-state index in [0.29, 0.717) is 5.02 Å². The van der Waals surface area contributed by atoms with Gasteiger partial charge in [-0.2, -0.15) is 0 Å². The van der Waals surface area contributed by atoms with Gasteiger partial charge in [0.15, 0.2) is 0 Å². The van der Waals surface area contributed by atoms with Crippen LogP contribution in [0.15, 0.2) is 30.3 Å². The van der Waals surface area contributed by atoms with Gasteiger partial charge in [0.2, 0.25) is 0 Å². The Morgan fingerprint density at radius 3 is 2.60 bits per heavy atom. The lowest BCUT2D eigenvalue weighted by molar-refractivity contribution is 0.151. The van der Waals surface area contributed by atoms with Gasteiger partial charge in [-0.05, 0) is 36.1 Å². The van der Waals surface area contributed by atoms with Crippen molar-refractivity contribution in [2.75, 3.05) is 0 Å². The number of alkyl halides is 2. The summed E-state index contributed by atoms with van der Waals surface area (Å²) in [5.74, 6) is 0. The van der Waals surface area contributed by atoms with Crippen LogP contribution in [0.25, 0.3) is 10.8 Å². The van der Waals surface area contributed by atoms with Crippen molar-refractivity contribution in [3.05, 3.63) is 46.5 Å². The monoisotopic (exact) mass is 226 g/mol. The van der Waals surface area contributed by atoms with Gasteiger partial charge >= 0.3 is 0 Å². The molecule has 0 atom stereocenters. The van der Waals surface area contributed by atoms with Crippen molar-refractivity contribution in [3.8, 4) is 0 Å². The second-order valence-electron chi connectivity index (χ2n) is 3.48. The minimum absolute atomic E-state index is 0.0438. The third kappa shape index (κ3) is 1.82. The van der Waals surface area contributed by atoms with Gasteiger partial charge < -0.3 is 0 Å². The highest BCUT2D eigenvalue weighted by Crippen LogP contribution is 2.30. The molecule has 0 unspecified atom stereocenters. The molecule has 15 heavy (non-hydrogen) atoms. The van der Waals surface area contributed by atoms with Gasteiger partial charge in [-0.15, -0.1) is 0 Å². The zero-order valence-corrected chi connectivity index (χ0v) is 8.85. The molecule has 0 saturated heterocycles. The molecular weight excluding hydrogens is 218 g/mol. The zero-order valence-electron chi connectivity index (χ0n) is 8.10. The fourth-order valence-corrected chi connectivity index (χ4v) is 2.08. The van der Waals surface area contributed by atoms with Gasteiger partial charge in [0.1, 0.15) is 0 Å². The fourth-order valence-electron chi connectivity index (χ4n) is 1.75. The predicted octanol–water partition coefficient (Wildman–Crippen LogP) is 4.74. The van der Waals surface area contributed by atoms with Crippen LogP contribution in [0, 0.1) is 6.92 Å². The molecule has 0 radical (unpaired) electrons. The molecule has 3 heteroatoms. The second kappa shape index (κ2) is 3.78. The quantitative estimate of drug-likeness (QED) is 0.659. The normalized spacial score (nSPS) is 11.3. The Morgan fingerprint density at radius 2 is 1.93 bits per heavy atom. The van der Waals surface area contributed by atoms with Crippen LogP contribution in [0.1, 0.15) is 17.6 Å². The average molecular weight is 227 g/mol. The molecule has 0 aliphatic rings. The van der Waals surface area contributed by atoms with Gasteiger partial charge in [-0.1, -0.05) is 23.7 Å². The summed E-state index contributed by atoms with van der Waals surface area (Å²) >= 11 is 6.01. The molecule has 0 heterocycles. The van der Waals surface area contributed by atoms with Crippen LogP contribution in [0.5, 0.6) is 0 Å². The molecule has 0 spiro atoms. The second-order valence-corrected chi connectivity index (χ2v) is 3.88. The largest absolute Gasteiger partial charge is 0.263 e. The van der Waals surface area contributed by atoms with Crippen LogP contribution in [-0.2, 0) is 0 Å². The number of hydrogen-bond donors (Lipinski definition) is 0. The van der Waals surface area contributed by atoms with Gasteiger partial charge in [0.05, 0.1) is 0 Å². The van der Waals surface area contributed by atoms with Gasteiger partial charge in [0, 0.05) is 16.0 Å². The highest BCUT2D eigenvalue weighted by molar-refractivity contribution is 6.35. The Morgan fingerprint density at radius 1 is 1.20 bits per heavy atom. The molecule has 0 aliphatic carbocycles. The summed E-state index contributed by atoms with van der Waals surface area (Å²) in [5.41, 5.74) is 0.829. The highest BCUT2D eigenvalue weighted by atomic mass is 35.5. The van der Waals surface area contributed by atoms with E-state index < -0.39 is 6.43 Å². The van der Waals surface area contributed by atoms with Crippen LogP contribution in [0.4, 0.5) is 8.78 Å². The van der Waals surface area contributed by atoms with Crippen molar-refractivity contribution < 1.29 is 8.78 Å². The molecule has 0 fully saturated rings. The lowest BCUT2D eigenvalue weighted by Gasteiger charge is -2.07. The third-order valence-electron chi connectivity index (χ3n) is 2.40. The van der Waals surface area contributed by atoms with Crippen molar-refractivity contribution >= 4 is 22.4 Å². The van der Waals surface area contributed by atoms with Crippen molar-refractivity contribution in [2.24, 2.45) is 0 Å². The van der Waals surface area contributed by atoms with E-state index in [4.69, 9.17) is 11.6 Å². The molecule has 2 aromatic carbocycles. The van der Waals surface area contributed by atoms with Crippen LogP contribution >= 0.6 is 11.6 Å². The highest BCUT2D eigenvalue weighted by Gasteiger charge is 2.10. The Labute approximate surface area is 91.5 Å². The van der Waals surface area contributed by atoms with Gasteiger partial charge in [-0.3, -0.25) is 0 Å². The Kier molecular flexibility index (Phi) is 2.61. The maximum absolute atomic E-state index is 12.5. The molecule has 0 N–H and O–H groups in total. The molecule has 0 amide bonds. The van der Waals surface area contributed by atoms with Crippen molar-refractivity contribution in [3.63, 3.8) is 0 Å². The number of benzene rings is 2. The Bertz CT molecular complexity index is 506. The number of aryl methyl sites for hydroxylation is 1. The van der Waals surface area contributed by atoms with E-state index in [0.717, 1.165) is 16.3 Å². The fraction of sp³-hybridized carbons (Fsp3) is 0.167. The first-order valence-corrected chi connectivity index (χ1v) is 4.94. The summed E-state index contributed by atoms with van der Waals surface area (Å²) in [6, 6.07) is 8.29. The van der Waals surface area contributed by atoms with Gasteiger partial charge in [-0.25, -0.2) is 8.78 Å². The van der Waals surface area contributed by atoms with E-state index in [-0.39, 0.29) is 5.56 Å². The van der Waals surface area contributed by atoms with Gasteiger partial charge in [0.25, 0.3) is 6.43 Å². The maximum Gasteiger partial charge on any atom is 0.263 e. The van der Waals surface area contributed by atoms with Crippen LogP contribution in [-0.4, -0.2) is 0 Å². The molecule has 0 saturated carbocycles. The van der Waals surface area contributed by atoms with E-state index >= 15 is 0 Å². The molecule has 78 valence electrons. The molecule has 2 aromatic rings. The third-order valence-corrected chi connectivity index (χ3v) is 2.71. The van der Waals surface area contributed by atoms with Crippen LogP contribution in [0.2, 0.25) is 5.02 Å². The Balaban J connectivity index is 2.78. The van der Waals surface area contributed by atoms with Crippen molar-refractivity contribution in [2.45, 2.75) is 13.3 Å². The first-order chi connectivity index (χ1) is 7.09. The average Bonchev–Trinajstić information content (AvgIpc) is 2.17. The van der Waals surface area contributed by atoms with Crippen molar-refractivity contribution in [1.82, 2.24) is 0 Å². The lowest BCUT2D eigenvalue weighted by atomic mass is 10.0. The summed E-state index contributed by atoms with van der Waals surface area (Å²) < 4.78 is 25.1. The smallest absolute Gasteiger partial charge is 0.205 e. The van der Waals surface area contributed by atoms with Crippen LogP contribution in [0.3, 0.4) is 0 Å². The maximum atomic E-state index is 12.5. The molecule has 2 rings (SSSR count). The molecular formula is C12H9ClF2. The minimum atomic E-state index is -2.44. The van der Waals surface area contributed by atoms with Crippen LogP contribution < -0.4 is 0 Å². The predicted molar refractivity (Wildman–Crippen MR) is 58.7 cm³/mol. The summed E-state index contributed by atoms with van der Waals surface area (Å²) in [4.78, 5) is 0. The van der Waals surface area contributed by atoms with E-state index in [1.54, 1.807) is 25.1 Å². The number of fused-ring (bicyclic) bond motifs is 1. The SMILES string of the molecule is Cc1cc(C(F)F)cc2cccc(Cl)c12. The molecule has 0 nitrogen and oxygen atoms in total. The summed E-state index contributed by atoms with van der Waals surface area (Å²) in [6.07, 6.45) is -2.44. The summed E-state index contributed by atoms with van der Waals surface area (Å²) in [7, 11) is 0. The van der Waals surface area contributed by atoms with Crippen molar-refractivity contribution in [1.29, 1.82) is 0 Å². The number of halogens is 3. The summed E-state index contributed by atoms with van der Waals surface area (Å²) in [6.45, 7) is 1.79. The zero-order chi connectivity index (χ0) is 11.0. The minimum Gasteiger partial charge on any atom is -0.205 e. The first kappa shape index (κ1) is 10.4. The van der Waals surface area contributed by atoms with E-state index in [1.165, 1.54) is 12.1 Å². The van der Waals surface area contributed by atoms with E-state index in [1.807, 2.05) is 0 Å². The molecule has 0 aromatic heterocycles. The lowest BCUT2D eigenvalue weighted by Crippen LogP contribution is -1.88. The van der Waals surface area contributed by atoms with E-state index in [2.05, 4.69) is 0 Å². The number of rotatable bonds is 1. The standard InChI is InChI=1S/C12H9ClF2/c1-7-5-9(12(14)15)6-8-3-2-4-10(13)11(7)8/h2-6,12H,1H3.